The van der Waals surface area contributed by atoms with Crippen molar-refractivity contribution in [3.8, 4) is 0 Å². The second-order valence-electron chi connectivity index (χ2n) is 2.70. The molecule has 10 heteroatoms. The Hall–Kier alpha value is -1.45. The lowest BCUT2D eigenvalue weighted by molar-refractivity contribution is -0.142. The van der Waals surface area contributed by atoms with E-state index in [0.29, 0.717) is 16.3 Å². The molecule has 0 saturated carbocycles. The van der Waals surface area contributed by atoms with E-state index >= 15 is 0 Å². The molecular weight excluding hydrogens is 251 g/mol. The lowest BCUT2D eigenvalue weighted by atomic mass is 10.6. The van der Waals surface area contributed by atoms with Gasteiger partial charge in [0, 0.05) is 0 Å². The van der Waals surface area contributed by atoms with E-state index in [-0.39, 0.29) is 5.16 Å². The van der Waals surface area contributed by atoms with E-state index < -0.39 is 30.1 Å². The number of thioether (sulfide) groups is 1. The van der Waals surface area contributed by atoms with Gasteiger partial charge in [-0.1, -0.05) is 11.8 Å². The molecule has 0 aliphatic heterocycles. The highest BCUT2D eigenvalue weighted by Crippen LogP contribution is 2.20. The Kier molecular flexibility index (Phi) is 3.62. The van der Waals surface area contributed by atoms with Crippen LogP contribution in [0.15, 0.2) is 9.95 Å². The van der Waals surface area contributed by atoms with E-state index in [4.69, 9.17) is 5.11 Å². The van der Waals surface area contributed by atoms with Gasteiger partial charge in [-0.2, -0.15) is 13.2 Å². The van der Waals surface area contributed by atoms with Gasteiger partial charge in [-0.15, -0.1) is 5.10 Å². The number of rotatable bonds is 4. The maximum absolute atomic E-state index is 12.1. The van der Waals surface area contributed by atoms with Crippen molar-refractivity contribution in [1.29, 1.82) is 0 Å². The summed E-state index contributed by atoms with van der Waals surface area (Å²) in [5, 5.41) is 13.2. The average molecular weight is 257 g/mol. The van der Waals surface area contributed by atoms with Crippen molar-refractivity contribution in [3.63, 3.8) is 0 Å². The first-order valence-electron chi connectivity index (χ1n) is 3.86. The number of alkyl halides is 3. The Balaban J connectivity index is 2.86. The topological polar surface area (TPSA) is 88.0 Å². The molecule has 0 amide bonds. The molecule has 1 rings (SSSR count). The summed E-state index contributed by atoms with van der Waals surface area (Å²) in [5.74, 6) is -1.68. The second kappa shape index (κ2) is 4.60. The van der Waals surface area contributed by atoms with Crippen LogP contribution >= 0.6 is 11.8 Å². The van der Waals surface area contributed by atoms with E-state index in [2.05, 4.69) is 5.10 Å². The highest BCUT2D eigenvalue weighted by molar-refractivity contribution is 7.99. The summed E-state index contributed by atoms with van der Waals surface area (Å²) >= 11 is 0.538. The van der Waals surface area contributed by atoms with Crippen LogP contribution in [0.2, 0.25) is 0 Å². The van der Waals surface area contributed by atoms with Crippen LogP contribution in [0.4, 0.5) is 13.2 Å². The maximum atomic E-state index is 12.1. The largest absolute Gasteiger partial charge is 0.481 e. The number of aromatic amines is 1. The number of H-pyrrole nitrogens is 1. The summed E-state index contributed by atoms with van der Waals surface area (Å²) in [4.78, 5) is 21.2. The quantitative estimate of drug-likeness (QED) is 0.758. The first kappa shape index (κ1) is 12.6. The summed E-state index contributed by atoms with van der Waals surface area (Å²) in [6, 6.07) is 0. The molecule has 1 aromatic rings. The normalized spacial score (nSPS) is 11.7. The van der Waals surface area contributed by atoms with Gasteiger partial charge in [0.15, 0.2) is 5.16 Å². The monoisotopic (exact) mass is 257 g/mol. The number of carbonyl (C=O) groups is 1. The Morgan fingerprint density at radius 2 is 2.19 bits per heavy atom. The first-order chi connectivity index (χ1) is 7.29. The summed E-state index contributed by atoms with van der Waals surface area (Å²) in [5.41, 5.74) is -1.02. The molecule has 0 radical (unpaired) electrons. The van der Waals surface area contributed by atoms with Crippen molar-refractivity contribution in [3.05, 3.63) is 10.5 Å². The smallest absolute Gasteiger partial charge is 0.406 e. The van der Waals surface area contributed by atoms with Gasteiger partial charge in [0.05, 0.1) is 5.75 Å². The van der Waals surface area contributed by atoms with Crippen molar-refractivity contribution in [2.45, 2.75) is 17.9 Å². The van der Waals surface area contributed by atoms with Gasteiger partial charge < -0.3 is 5.11 Å². The maximum Gasteiger partial charge on any atom is 0.406 e. The van der Waals surface area contributed by atoms with Crippen LogP contribution in [0.3, 0.4) is 0 Å². The summed E-state index contributed by atoms with van der Waals surface area (Å²) in [6.07, 6.45) is -4.56. The van der Waals surface area contributed by atoms with E-state index in [1.807, 2.05) is 5.10 Å². The molecule has 0 aliphatic carbocycles. The molecule has 0 aliphatic rings. The Bertz CT molecular complexity index is 438. The molecule has 1 heterocycles. The number of nitrogens with one attached hydrogen (secondary N) is 1. The van der Waals surface area contributed by atoms with Crippen molar-refractivity contribution in [2.75, 3.05) is 5.75 Å². The van der Waals surface area contributed by atoms with Crippen molar-refractivity contribution >= 4 is 17.7 Å². The average Bonchev–Trinajstić information content (AvgIpc) is 2.43. The SMILES string of the molecule is O=C(O)CSc1n[nH]c(=O)n1CC(F)(F)F. The number of aromatic nitrogens is 3. The van der Waals surface area contributed by atoms with Gasteiger partial charge in [0.1, 0.15) is 6.54 Å². The lowest BCUT2D eigenvalue weighted by Gasteiger charge is -2.07. The second-order valence-corrected chi connectivity index (χ2v) is 3.64. The van der Waals surface area contributed by atoms with Crippen molar-refractivity contribution in [1.82, 2.24) is 14.8 Å². The third kappa shape index (κ3) is 3.61. The number of carboxylic acid groups (broad SMARTS) is 1. The van der Waals surface area contributed by atoms with Gasteiger partial charge >= 0.3 is 17.8 Å². The predicted octanol–water partition coefficient (Wildman–Crippen LogP) is 0.310. The van der Waals surface area contributed by atoms with E-state index in [9.17, 15) is 22.8 Å². The first-order valence-corrected chi connectivity index (χ1v) is 4.84. The van der Waals surface area contributed by atoms with Crippen LogP contribution in [-0.4, -0.2) is 37.8 Å². The highest BCUT2D eigenvalue weighted by atomic mass is 32.2. The zero-order valence-electron chi connectivity index (χ0n) is 7.61. The molecule has 90 valence electrons. The van der Waals surface area contributed by atoms with Crippen LogP contribution < -0.4 is 5.69 Å². The van der Waals surface area contributed by atoms with E-state index in [0.717, 1.165) is 0 Å². The molecule has 0 fully saturated rings. The zero-order chi connectivity index (χ0) is 12.3. The standard InChI is InChI=1S/C6H6F3N3O3S/c7-6(8,9)2-12-4(15)10-11-5(12)16-1-3(13)14/h1-2H2,(H,10,15)(H,13,14). The van der Waals surface area contributed by atoms with Gasteiger partial charge in [-0.3, -0.25) is 9.36 Å². The molecular formula is C6H6F3N3O3S. The van der Waals surface area contributed by atoms with Crippen molar-refractivity contribution in [2.24, 2.45) is 0 Å². The van der Waals surface area contributed by atoms with Crippen LogP contribution in [0.5, 0.6) is 0 Å². The van der Waals surface area contributed by atoms with E-state index in [1.54, 1.807) is 0 Å². The minimum Gasteiger partial charge on any atom is -0.481 e. The Labute approximate surface area is 90.5 Å². The van der Waals surface area contributed by atoms with Crippen molar-refractivity contribution < 1.29 is 23.1 Å². The third-order valence-electron chi connectivity index (χ3n) is 1.39. The van der Waals surface area contributed by atoms with Gasteiger partial charge in [0.25, 0.3) is 0 Å². The summed E-state index contributed by atoms with van der Waals surface area (Å²) in [7, 11) is 0. The predicted molar refractivity (Wildman–Crippen MR) is 47.3 cm³/mol. The molecule has 1 aromatic heterocycles. The third-order valence-corrected chi connectivity index (χ3v) is 2.35. The lowest BCUT2D eigenvalue weighted by Crippen LogP contribution is -2.27. The molecule has 0 atom stereocenters. The van der Waals surface area contributed by atoms with Crippen LogP contribution in [0.25, 0.3) is 0 Å². The molecule has 6 nitrogen and oxygen atoms in total. The molecule has 16 heavy (non-hydrogen) atoms. The highest BCUT2D eigenvalue weighted by Gasteiger charge is 2.30. The fraction of sp³-hybridized carbons (Fsp3) is 0.500. The number of nitrogens with zero attached hydrogens (tertiary/aromatic N) is 2. The van der Waals surface area contributed by atoms with Gasteiger partial charge in [-0.25, -0.2) is 9.89 Å². The van der Waals surface area contributed by atoms with Crippen LogP contribution in [-0.2, 0) is 11.3 Å². The minimum atomic E-state index is -4.56. The van der Waals surface area contributed by atoms with Crippen LogP contribution in [0.1, 0.15) is 0 Å². The number of aliphatic carboxylic acids is 1. The fourth-order valence-corrected chi connectivity index (χ4v) is 1.52. The van der Waals surface area contributed by atoms with Gasteiger partial charge in [-0.05, 0) is 0 Å². The molecule has 0 unspecified atom stereocenters. The molecule has 0 aromatic carbocycles. The van der Waals surface area contributed by atoms with Gasteiger partial charge in [0.2, 0.25) is 0 Å². The summed E-state index contributed by atoms with van der Waals surface area (Å²) < 4.78 is 36.5. The number of hydrogen-bond donors (Lipinski definition) is 2. The Morgan fingerprint density at radius 1 is 1.56 bits per heavy atom. The summed E-state index contributed by atoms with van der Waals surface area (Å²) in [6.45, 7) is -1.50. The molecule has 2 N–H and O–H groups in total. The molecule has 0 bridgehead atoms. The number of carboxylic acids is 1. The number of halogens is 3. The van der Waals surface area contributed by atoms with E-state index in [1.165, 1.54) is 0 Å². The zero-order valence-corrected chi connectivity index (χ0v) is 8.43. The minimum absolute atomic E-state index is 0.301. The number of hydrogen-bond acceptors (Lipinski definition) is 4. The molecule has 0 spiro atoms. The Morgan fingerprint density at radius 3 is 2.69 bits per heavy atom. The molecule has 0 saturated heterocycles. The fourth-order valence-electron chi connectivity index (χ4n) is 0.858. The van der Waals surface area contributed by atoms with Crippen LogP contribution in [0, 0.1) is 0 Å².